The lowest BCUT2D eigenvalue weighted by Gasteiger charge is -2.26. The largest absolute Gasteiger partial charge is 0.348 e. The molecule has 1 fully saturated rings. The van der Waals surface area contributed by atoms with Crippen LogP contribution in [-0.4, -0.2) is 46.8 Å². The Hall–Kier alpha value is -4.36. The van der Waals surface area contributed by atoms with Crippen molar-refractivity contribution in [1.82, 2.24) is 19.5 Å². The maximum atomic E-state index is 14.1. The molecule has 1 aliphatic heterocycles. The molecule has 42 heavy (non-hydrogen) atoms. The summed E-state index contributed by atoms with van der Waals surface area (Å²) in [5.41, 5.74) is 2.03. The second kappa shape index (κ2) is 10.5. The summed E-state index contributed by atoms with van der Waals surface area (Å²) in [6.45, 7) is 5.16. The third kappa shape index (κ3) is 5.57. The fourth-order valence-corrected chi connectivity index (χ4v) is 6.75. The monoisotopic (exact) mass is 605 g/mol. The molecule has 0 radical (unpaired) electrons. The molecule has 1 unspecified atom stereocenters. The fourth-order valence-electron chi connectivity index (χ4n) is 5.32. The van der Waals surface area contributed by atoms with Gasteiger partial charge >= 0.3 is 6.03 Å². The number of rotatable bonds is 6. The molecule has 0 bridgehead atoms. The van der Waals surface area contributed by atoms with Gasteiger partial charge in [-0.05, 0) is 59.9 Å². The lowest BCUT2D eigenvalue weighted by Crippen LogP contribution is -2.26. The van der Waals surface area contributed by atoms with Gasteiger partial charge in [-0.25, -0.2) is 32.6 Å². The van der Waals surface area contributed by atoms with Crippen LogP contribution in [-0.2, 0) is 9.84 Å². The van der Waals surface area contributed by atoms with Gasteiger partial charge in [-0.3, -0.25) is 9.88 Å². The van der Waals surface area contributed by atoms with Crippen molar-refractivity contribution >= 4 is 54.7 Å². The lowest BCUT2D eigenvalue weighted by molar-refractivity contribution is 0.262. The van der Waals surface area contributed by atoms with Crippen molar-refractivity contribution in [2.24, 2.45) is 5.41 Å². The Morgan fingerprint density at radius 1 is 1.07 bits per heavy atom. The van der Waals surface area contributed by atoms with Crippen LogP contribution in [0.5, 0.6) is 0 Å². The summed E-state index contributed by atoms with van der Waals surface area (Å²) in [4.78, 5) is 28.6. The number of thiazole rings is 1. The first-order valence-electron chi connectivity index (χ1n) is 13.2. The smallest absolute Gasteiger partial charge is 0.324 e. The summed E-state index contributed by atoms with van der Waals surface area (Å²) in [7, 11) is -3.32. The first-order valence-corrected chi connectivity index (χ1v) is 15.9. The Balaban J connectivity index is 1.23. The third-order valence-electron chi connectivity index (χ3n) is 7.16. The number of sulfone groups is 1. The normalized spacial score (nSPS) is 16.6. The van der Waals surface area contributed by atoms with Gasteiger partial charge in [-0.2, -0.15) is 0 Å². The highest BCUT2D eigenvalue weighted by atomic mass is 32.2. The van der Waals surface area contributed by atoms with Crippen LogP contribution >= 0.6 is 11.3 Å². The van der Waals surface area contributed by atoms with Gasteiger partial charge in [-0.15, -0.1) is 0 Å². The van der Waals surface area contributed by atoms with E-state index >= 15 is 0 Å². The summed E-state index contributed by atoms with van der Waals surface area (Å²) < 4.78 is 39.3. The van der Waals surface area contributed by atoms with Crippen molar-refractivity contribution in [3.63, 3.8) is 0 Å². The number of halogens is 1. The minimum atomic E-state index is -3.32. The Bertz CT molecular complexity index is 1900. The molecule has 0 spiro atoms. The summed E-state index contributed by atoms with van der Waals surface area (Å²) in [6, 6.07) is 14.1. The van der Waals surface area contributed by atoms with Gasteiger partial charge in [0, 0.05) is 24.7 Å². The Labute approximate surface area is 246 Å². The Morgan fingerprint density at radius 3 is 2.60 bits per heavy atom. The second-order valence-corrected chi connectivity index (χ2v) is 14.1. The van der Waals surface area contributed by atoms with Crippen LogP contribution in [0.3, 0.4) is 0 Å². The number of amides is 2. The van der Waals surface area contributed by atoms with Gasteiger partial charge in [-0.1, -0.05) is 37.3 Å². The third-order valence-corrected chi connectivity index (χ3v) is 9.20. The van der Waals surface area contributed by atoms with Gasteiger partial charge < -0.3 is 10.2 Å². The topological polar surface area (TPSA) is 122 Å². The number of carbonyl (C=O) groups is 1. The van der Waals surface area contributed by atoms with Gasteiger partial charge in [0.1, 0.15) is 23.0 Å². The van der Waals surface area contributed by atoms with E-state index in [2.05, 4.69) is 44.3 Å². The highest BCUT2D eigenvalue weighted by Gasteiger charge is 2.40. The molecule has 10 nitrogen and oxygen atoms in total. The van der Waals surface area contributed by atoms with Crippen LogP contribution in [0.2, 0.25) is 0 Å². The number of fused-ring (bicyclic) bond motifs is 1. The predicted molar refractivity (Wildman–Crippen MR) is 162 cm³/mol. The molecular weight excluding hydrogens is 577 g/mol. The lowest BCUT2D eigenvalue weighted by atomic mass is 9.89. The molecule has 1 saturated heterocycles. The zero-order valence-corrected chi connectivity index (χ0v) is 24.7. The Morgan fingerprint density at radius 2 is 1.86 bits per heavy atom. The second-order valence-electron chi connectivity index (χ2n) is 11.1. The van der Waals surface area contributed by atoms with Crippen LogP contribution in [0.1, 0.15) is 31.9 Å². The van der Waals surface area contributed by atoms with E-state index in [1.54, 1.807) is 18.3 Å². The zero-order valence-electron chi connectivity index (χ0n) is 23.1. The number of benzene rings is 2. The molecule has 13 heteroatoms. The molecular formula is C29H28FN7O3S2. The molecule has 2 N–H and O–H groups in total. The molecule has 2 amide bonds. The SMILES string of the molecule is CC1(C)CC(c2cccc(F)c2)N(c2ncnc3c2ccn3-c2ncc(NC(=O)Nc3ccc(S(C)(=O)=O)cc3)s2)C1. The summed E-state index contributed by atoms with van der Waals surface area (Å²) in [5.74, 6) is 0.512. The summed E-state index contributed by atoms with van der Waals surface area (Å²) in [5, 5.41) is 7.41. The molecule has 6 rings (SSSR count). The zero-order chi connectivity index (χ0) is 29.6. The van der Waals surface area contributed by atoms with Crippen molar-refractivity contribution in [2.45, 2.75) is 31.2 Å². The molecule has 2 aromatic carbocycles. The molecule has 0 aliphatic carbocycles. The fraction of sp³-hybridized carbons (Fsp3) is 0.241. The van der Waals surface area contributed by atoms with Crippen molar-refractivity contribution in [2.75, 3.05) is 28.3 Å². The van der Waals surface area contributed by atoms with Gasteiger partial charge in [0.15, 0.2) is 20.6 Å². The molecule has 5 aromatic rings. The van der Waals surface area contributed by atoms with E-state index in [0.29, 0.717) is 21.5 Å². The first-order chi connectivity index (χ1) is 20.0. The quantitative estimate of drug-likeness (QED) is 0.242. The highest BCUT2D eigenvalue weighted by Crippen LogP contribution is 2.46. The number of hydrogen-bond acceptors (Lipinski definition) is 8. The van der Waals surface area contributed by atoms with Crippen molar-refractivity contribution in [3.05, 3.63) is 84.7 Å². The number of nitrogens with zero attached hydrogens (tertiary/aromatic N) is 5. The number of aromatic nitrogens is 4. The van der Waals surface area contributed by atoms with Gasteiger partial charge in [0.05, 0.1) is 22.5 Å². The molecule has 1 aliphatic rings. The minimum absolute atomic E-state index is 0.00300. The van der Waals surface area contributed by atoms with E-state index in [-0.39, 0.29) is 22.2 Å². The van der Waals surface area contributed by atoms with Gasteiger partial charge in [0.25, 0.3) is 0 Å². The molecule has 3 aromatic heterocycles. The van der Waals surface area contributed by atoms with Crippen molar-refractivity contribution < 1.29 is 17.6 Å². The van der Waals surface area contributed by atoms with Crippen LogP contribution in [0.4, 0.5) is 25.7 Å². The van der Waals surface area contributed by atoms with E-state index in [0.717, 1.165) is 36.0 Å². The number of nitrogens with one attached hydrogen (secondary N) is 2. The van der Waals surface area contributed by atoms with Crippen LogP contribution in [0.15, 0.2) is 78.2 Å². The number of carbonyl (C=O) groups excluding carboxylic acids is 1. The van der Waals surface area contributed by atoms with E-state index < -0.39 is 15.9 Å². The molecule has 1 atom stereocenters. The number of hydrogen-bond donors (Lipinski definition) is 2. The first kappa shape index (κ1) is 27.8. The summed E-state index contributed by atoms with van der Waals surface area (Å²) in [6.07, 6.45) is 6.93. The van der Waals surface area contributed by atoms with E-state index in [9.17, 15) is 17.6 Å². The van der Waals surface area contributed by atoms with Crippen LogP contribution in [0, 0.1) is 11.2 Å². The van der Waals surface area contributed by atoms with Crippen molar-refractivity contribution in [1.29, 1.82) is 0 Å². The standard InChI is InChI=1S/C29H28FN7O3S2/c1-29(2)14-23(18-5-4-6-19(30)13-18)37(16-29)26-22-11-12-36(25(22)32-17-33-26)28-31-15-24(41-28)35-27(38)34-20-7-9-21(10-8-20)42(3,39)40/h4-13,15,17,23H,14,16H2,1-3H3,(H2,34,35,38). The predicted octanol–water partition coefficient (Wildman–Crippen LogP) is 6.04. The number of urea groups is 1. The molecule has 216 valence electrons. The minimum Gasteiger partial charge on any atom is -0.348 e. The maximum absolute atomic E-state index is 14.1. The number of anilines is 3. The average molecular weight is 606 g/mol. The highest BCUT2D eigenvalue weighted by molar-refractivity contribution is 7.90. The molecule has 0 saturated carbocycles. The van der Waals surface area contributed by atoms with Crippen LogP contribution < -0.4 is 15.5 Å². The van der Waals surface area contributed by atoms with E-state index in [1.807, 2.05) is 22.9 Å². The van der Waals surface area contributed by atoms with Gasteiger partial charge in [0.2, 0.25) is 0 Å². The molecule has 4 heterocycles. The average Bonchev–Trinajstić information content (AvgIpc) is 3.65. The van der Waals surface area contributed by atoms with E-state index in [4.69, 9.17) is 0 Å². The summed E-state index contributed by atoms with van der Waals surface area (Å²) >= 11 is 1.27. The van der Waals surface area contributed by atoms with Crippen molar-refractivity contribution in [3.8, 4) is 5.13 Å². The van der Waals surface area contributed by atoms with Crippen LogP contribution in [0.25, 0.3) is 16.2 Å². The van der Waals surface area contributed by atoms with E-state index in [1.165, 1.54) is 48.0 Å². The Kier molecular flexibility index (Phi) is 6.93. The maximum Gasteiger partial charge on any atom is 0.324 e.